The van der Waals surface area contributed by atoms with E-state index in [9.17, 15) is 8.42 Å². The molecular weight excluding hydrogens is 254 g/mol. The van der Waals surface area contributed by atoms with E-state index in [0.29, 0.717) is 4.90 Å². The summed E-state index contributed by atoms with van der Waals surface area (Å²) in [4.78, 5) is 0.401. The zero-order valence-electron chi connectivity index (χ0n) is 9.85. The fourth-order valence-electron chi connectivity index (χ4n) is 1.96. The highest BCUT2D eigenvalue weighted by molar-refractivity contribution is 7.99. The molecule has 1 N–H and O–H groups in total. The van der Waals surface area contributed by atoms with Crippen LogP contribution in [0, 0.1) is 6.92 Å². The molecule has 3 nitrogen and oxygen atoms in total. The highest BCUT2D eigenvalue weighted by Gasteiger charge is 2.22. The third-order valence-corrected chi connectivity index (χ3v) is 5.66. The van der Waals surface area contributed by atoms with Crippen molar-refractivity contribution >= 4 is 21.8 Å². The molecule has 0 radical (unpaired) electrons. The molecule has 1 heterocycles. The largest absolute Gasteiger partial charge is 0.241 e. The molecule has 1 fully saturated rings. The van der Waals surface area contributed by atoms with E-state index in [1.165, 1.54) is 0 Å². The molecule has 1 aromatic rings. The molecule has 0 unspecified atom stereocenters. The number of benzene rings is 1. The monoisotopic (exact) mass is 271 g/mol. The Morgan fingerprint density at radius 3 is 2.53 bits per heavy atom. The predicted octanol–water partition coefficient (Wildman–Crippen LogP) is 2.17. The second kappa shape index (κ2) is 5.42. The van der Waals surface area contributed by atoms with Crippen LogP contribution in [0.25, 0.3) is 0 Å². The summed E-state index contributed by atoms with van der Waals surface area (Å²) in [7, 11) is -3.35. The van der Waals surface area contributed by atoms with Gasteiger partial charge in [-0.3, -0.25) is 0 Å². The lowest BCUT2D eigenvalue weighted by Crippen LogP contribution is -2.37. The van der Waals surface area contributed by atoms with Gasteiger partial charge in [-0.2, -0.15) is 11.8 Å². The van der Waals surface area contributed by atoms with Crippen LogP contribution in [0.4, 0.5) is 0 Å². The van der Waals surface area contributed by atoms with Gasteiger partial charge in [0, 0.05) is 6.04 Å². The zero-order valence-corrected chi connectivity index (χ0v) is 11.5. The molecule has 1 aromatic carbocycles. The van der Waals surface area contributed by atoms with Gasteiger partial charge in [0.15, 0.2) is 0 Å². The van der Waals surface area contributed by atoms with Crippen molar-refractivity contribution in [2.75, 3.05) is 11.5 Å². The fourth-order valence-corrected chi connectivity index (χ4v) is 4.61. The molecule has 0 amide bonds. The number of nitrogens with one attached hydrogen (secondary N) is 1. The Morgan fingerprint density at radius 2 is 1.88 bits per heavy atom. The Labute approximate surface area is 107 Å². The number of hydrogen-bond acceptors (Lipinski definition) is 3. The number of rotatable bonds is 3. The Morgan fingerprint density at radius 1 is 1.24 bits per heavy atom. The smallest absolute Gasteiger partial charge is 0.208 e. The van der Waals surface area contributed by atoms with Crippen molar-refractivity contribution in [3.05, 3.63) is 29.8 Å². The van der Waals surface area contributed by atoms with Crippen molar-refractivity contribution in [1.29, 1.82) is 0 Å². The van der Waals surface area contributed by atoms with Crippen LogP contribution in [0.2, 0.25) is 0 Å². The second-order valence-electron chi connectivity index (χ2n) is 4.27. The average molecular weight is 271 g/mol. The first kappa shape index (κ1) is 12.9. The second-order valence-corrected chi connectivity index (χ2v) is 7.18. The van der Waals surface area contributed by atoms with Gasteiger partial charge in [0.1, 0.15) is 0 Å². The summed E-state index contributed by atoms with van der Waals surface area (Å²) in [5, 5.41) is 0. The lowest BCUT2D eigenvalue weighted by Gasteiger charge is -2.22. The van der Waals surface area contributed by atoms with E-state index in [2.05, 4.69) is 4.72 Å². The van der Waals surface area contributed by atoms with E-state index in [4.69, 9.17) is 0 Å². The molecule has 0 aromatic heterocycles. The third-order valence-electron chi connectivity index (χ3n) is 2.93. The predicted molar refractivity (Wildman–Crippen MR) is 71.8 cm³/mol. The Balaban J connectivity index is 2.16. The van der Waals surface area contributed by atoms with Gasteiger partial charge in [-0.25, -0.2) is 13.1 Å². The number of aryl methyl sites for hydroxylation is 1. The maximum absolute atomic E-state index is 12.2. The Bertz CT molecular complexity index is 479. The molecule has 0 saturated carbocycles. The van der Waals surface area contributed by atoms with Gasteiger partial charge in [-0.15, -0.1) is 0 Å². The van der Waals surface area contributed by atoms with Crippen LogP contribution in [0.3, 0.4) is 0 Å². The first-order valence-corrected chi connectivity index (χ1v) is 8.39. The summed E-state index contributed by atoms with van der Waals surface area (Å²) in [6.45, 7) is 1.82. The molecule has 5 heteroatoms. The molecule has 2 rings (SSSR count). The minimum Gasteiger partial charge on any atom is -0.208 e. The van der Waals surface area contributed by atoms with E-state index in [0.717, 1.165) is 29.9 Å². The summed E-state index contributed by atoms with van der Waals surface area (Å²) >= 11 is 1.89. The summed E-state index contributed by atoms with van der Waals surface area (Å²) in [6, 6.07) is 7.20. The minimum absolute atomic E-state index is 0.0980. The van der Waals surface area contributed by atoms with Crippen molar-refractivity contribution in [3.8, 4) is 0 Å². The van der Waals surface area contributed by atoms with Gasteiger partial charge >= 0.3 is 0 Å². The lowest BCUT2D eigenvalue weighted by molar-refractivity contribution is 0.528. The molecule has 94 valence electrons. The van der Waals surface area contributed by atoms with Gasteiger partial charge in [-0.1, -0.05) is 18.2 Å². The van der Waals surface area contributed by atoms with Crippen LogP contribution in [0.1, 0.15) is 18.4 Å². The topological polar surface area (TPSA) is 46.2 Å². The molecule has 1 saturated heterocycles. The van der Waals surface area contributed by atoms with Crippen LogP contribution in [0.15, 0.2) is 29.2 Å². The first-order chi connectivity index (χ1) is 8.09. The quantitative estimate of drug-likeness (QED) is 0.916. The SMILES string of the molecule is Cc1ccccc1S(=O)(=O)NC1CCSCC1. The van der Waals surface area contributed by atoms with E-state index in [-0.39, 0.29) is 6.04 Å². The normalized spacial score (nSPS) is 18.2. The van der Waals surface area contributed by atoms with Gasteiger partial charge in [-0.05, 0) is 42.9 Å². The van der Waals surface area contributed by atoms with Gasteiger partial charge in [0.05, 0.1) is 4.90 Å². The molecule has 1 aliphatic rings. The first-order valence-electron chi connectivity index (χ1n) is 5.75. The van der Waals surface area contributed by atoms with Crippen LogP contribution in [-0.2, 0) is 10.0 Å². The fraction of sp³-hybridized carbons (Fsp3) is 0.500. The van der Waals surface area contributed by atoms with Crippen LogP contribution >= 0.6 is 11.8 Å². The van der Waals surface area contributed by atoms with Crippen LogP contribution in [0.5, 0.6) is 0 Å². The lowest BCUT2D eigenvalue weighted by atomic mass is 10.2. The zero-order chi connectivity index (χ0) is 12.3. The maximum Gasteiger partial charge on any atom is 0.241 e. The number of sulfonamides is 1. The van der Waals surface area contributed by atoms with E-state index in [1.807, 2.05) is 30.8 Å². The van der Waals surface area contributed by atoms with Gasteiger partial charge < -0.3 is 0 Å². The van der Waals surface area contributed by atoms with E-state index < -0.39 is 10.0 Å². The average Bonchev–Trinajstić information content (AvgIpc) is 2.30. The third kappa shape index (κ3) is 3.24. The highest BCUT2D eigenvalue weighted by Crippen LogP contribution is 2.20. The Hall–Kier alpha value is -0.520. The van der Waals surface area contributed by atoms with Crippen molar-refractivity contribution < 1.29 is 8.42 Å². The number of hydrogen-bond donors (Lipinski definition) is 1. The molecule has 1 aliphatic heterocycles. The summed E-state index contributed by atoms with van der Waals surface area (Å²) in [6.07, 6.45) is 1.85. The molecule has 0 atom stereocenters. The van der Waals surface area contributed by atoms with Crippen molar-refractivity contribution in [2.45, 2.75) is 30.7 Å². The van der Waals surface area contributed by atoms with Crippen molar-refractivity contribution in [1.82, 2.24) is 4.72 Å². The molecule has 17 heavy (non-hydrogen) atoms. The Kier molecular flexibility index (Phi) is 4.12. The minimum atomic E-state index is -3.35. The van der Waals surface area contributed by atoms with Gasteiger partial charge in [0.25, 0.3) is 0 Å². The maximum atomic E-state index is 12.2. The number of thioether (sulfide) groups is 1. The molecule has 0 spiro atoms. The highest BCUT2D eigenvalue weighted by atomic mass is 32.2. The van der Waals surface area contributed by atoms with Crippen LogP contribution < -0.4 is 4.72 Å². The van der Waals surface area contributed by atoms with E-state index in [1.54, 1.807) is 12.1 Å². The van der Waals surface area contributed by atoms with Crippen molar-refractivity contribution in [3.63, 3.8) is 0 Å². The van der Waals surface area contributed by atoms with Gasteiger partial charge in [0.2, 0.25) is 10.0 Å². The molecule has 0 bridgehead atoms. The molecule has 0 aliphatic carbocycles. The standard InChI is InChI=1S/C12H17NO2S2/c1-10-4-2-3-5-12(10)17(14,15)13-11-6-8-16-9-7-11/h2-5,11,13H,6-9H2,1H3. The van der Waals surface area contributed by atoms with Crippen LogP contribution in [-0.4, -0.2) is 26.0 Å². The summed E-state index contributed by atoms with van der Waals surface area (Å²) in [5.74, 6) is 2.09. The van der Waals surface area contributed by atoms with Crippen molar-refractivity contribution in [2.24, 2.45) is 0 Å². The molecular formula is C12H17NO2S2. The summed E-state index contributed by atoms with van der Waals surface area (Å²) in [5.41, 5.74) is 0.796. The summed E-state index contributed by atoms with van der Waals surface area (Å²) < 4.78 is 27.2. The van der Waals surface area contributed by atoms with E-state index >= 15 is 0 Å².